The Morgan fingerprint density at radius 3 is 2.58 bits per heavy atom. The van der Waals surface area contributed by atoms with Crippen molar-refractivity contribution < 1.29 is 4.90 Å². The highest BCUT2D eigenvalue weighted by Gasteiger charge is 2.22. The number of likely N-dealkylation sites (tertiary alicyclic amines) is 1. The van der Waals surface area contributed by atoms with Crippen molar-refractivity contribution in [2.24, 2.45) is 0 Å². The molecule has 1 aliphatic rings. The molecular weight excluding hydrogens is 148 g/mol. The molecule has 1 saturated heterocycles. The number of hydrogen-bond donors (Lipinski definition) is 1. The zero-order valence-corrected chi connectivity index (χ0v) is 8.27. The van der Waals surface area contributed by atoms with Crippen LogP contribution in [0.5, 0.6) is 0 Å². The molecule has 0 bridgehead atoms. The minimum Gasteiger partial charge on any atom is -0.512 e. The molecule has 0 saturated carbocycles. The van der Waals surface area contributed by atoms with E-state index in [0.29, 0.717) is 0 Å². The van der Waals surface area contributed by atoms with Gasteiger partial charge in [-0.15, -0.1) is 0 Å². The second kappa shape index (κ2) is 7.12. The predicted molar refractivity (Wildman–Crippen MR) is 49.3 cm³/mol. The van der Waals surface area contributed by atoms with Gasteiger partial charge in [-0.1, -0.05) is 13.3 Å². The molecule has 12 heavy (non-hydrogen) atoms. The maximum absolute atomic E-state index is 6.25. The van der Waals surface area contributed by atoms with Crippen molar-refractivity contribution in [2.75, 3.05) is 13.1 Å². The van der Waals surface area contributed by atoms with Crippen LogP contribution >= 0.6 is 0 Å². The van der Waals surface area contributed by atoms with Crippen LogP contribution in [0.15, 0.2) is 0 Å². The van der Waals surface area contributed by atoms with Gasteiger partial charge in [0.15, 0.2) is 0 Å². The van der Waals surface area contributed by atoms with Gasteiger partial charge in [0.1, 0.15) is 0 Å². The Labute approximate surface area is 76.2 Å². The summed E-state index contributed by atoms with van der Waals surface area (Å²) in [5, 5.41) is 6.25. The zero-order chi connectivity index (χ0) is 9.40. The van der Waals surface area contributed by atoms with Crippen LogP contribution in [0.2, 0.25) is 0 Å². The SMILES string of the molecule is CCCC[NH+]1CCCC1C.[C-]#N. The van der Waals surface area contributed by atoms with Gasteiger partial charge in [-0.2, -0.15) is 0 Å². The first kappa shape index (κ1) is 11.4. The van der Waals surface area contributed by atoms with Crippen LogP contribution in [0.4, 0.5) is 0 Å². The first-order chi connectivity index (χ1) is 5.84. The summed E-state index contributed by atoms with van der Waals surface area (Å²) in [5.74, 6) is 0. The second-order valence-electron chi connectivity index (χ2n) is 3.56. The molecule has 1 fully saturated rings. The molecule has 2 atom stereocenters. The quantitative estimate of drug-likeness (QED) is 0.624. The summed E-state index contributed by atoms with van der Waals surface area (Å²) in [6, 6.07) is 0.951. The maximum Gasteiger partial charge on any atom is 0.0848 e. The van der Waals surface area contributed by atoms with E-state index in [2.05, 4.69) is 13.8 Å². The molecule has 0 radical (unpaired) electrons. The molecular formula is C10H20N2. The third-order valence-electron chi connectivity index (χ3n) is 2.68. The van der Waals surface area contributed by atoms with E-state index in [-0.39, 0.29) is 0 Å². The summed E-state index contributed by atoms with van der Waals surface area (Å²) >= 11 is 0. The second-order valence-corrected chi connectivity index (χ2v) is 3.56. The summed E-state index contributed by atoms with van der Waals surface area (Å²) in [5.41, 5.74) is 0. The number of unbranched alkanes of at least 4 members (excludes halogenated alkanes) is 1. The molecule has 0 aromatic rings. The standard InChI is InChI=1S/C9H19N.CN/c1-3-4-7-10-8-5-6-9(10)2;1-2/h9H,3-8H2,1-2H3;/q;-1/p+1. The molecule has 1 rings (SSSR count). The molecule has 0 amide bonds. The summed E-state index contributed by atoms with van der Waals surface area (Å²) < 4.78 is 0. The highest BCUT2D eigenvalue weighted by atomic mass is 15.2. The van der Waals surface area contributed by atoms with Crippen LogP contribution in [0.1, 0.15) is 39.5 Å². The Morgan fingerprint density at radius 2 is 2.17 bits per heavy atom. The smallest absolute Gasteiger partial charge is 0.0848 e. The average Bonchev–Trinajstić information content (AvgIpc) is 2.51. The van der Waals surface area contributed by atoms with Crippen LogP contribution in [0.25, 0.3) is 0 Å². The van der Waals surface area contributed by atoms with Gasteiger partial charge in [-0.3, -0.25) is 0 Å². The highest BCUT2D eigenvalue weighted by Crippen LogP contribution is 1.98. The lowest BCUT2D eigenvalue weighted by Crippen LogP contribution is -3.13. The maximum atomic E-state index is 6.25. The van der Waals surface area contributed by atoms with Gasteiger partial charge >= 0.3 is 0 Å². The van der Waals surface area contributed by atoms with E-state index in [1.807, 2.05) is 4.90 Å². The van der Waals surface area contributed by atoms with Gasteiger partial charge in [0.25, 0.3) is 0 Å². The number of quaternary nitrogens is 1. The fourth-order valence-corrected chi connectivity index (χ4v) is 1.86. The number of nitrogens with one attached hydrogen (secondary N) is 1. The molecule has 70 valence electrons. The third kappa shape index (κ3) is 3.73. The summed E-state index contributed by atoms with van der Waals surface area (Å²) in [7, 11) is 0. The topological polar surface area (TPSA) is 28.2 Å². The summed E-state index contributed by atoms with van der Waals surface area (Å²) in [6.45, 7) is 12.3. The molecule has 1 N–H and O–H groups in total. The van der Waals surface area contributed by atoms with E-state index >= 15 is 0 Å². The van der Waals surface area contributed by atoms with Gasteiger partial charge < -0.3 is 16.7 Å². The molecule has 1 aliphatic heterocycles. The molecule has 0 aromatic heterocycles. The van der Waals surface area contributed by atoms with E-state index < -0.39 is 0 Å². The monoisotopic (exact) mass is 168 g/mol. The van der Waals surface area contributed by atoms with E-state index in [9.17, 15) is 0 Å². The summed E-state index contributed by atoms with van der Waals surface area (Å²) in [6.07, 6.45) is 5.69. The van der Waals surface area contributed by atoms with Gasteiger partial charge in [0, 0.05) is 12.8 Å². The van der Waals surface area contributed by atoms with Crippen molar-refractivity contribution >= 4 is 0 Å². The molecule has 1 heterocycles. The van der Waals surface area contributed by atoms with Crippen LogP contribution < -0.4 is 4.90 Å². The van der Waals surface area contributed by atoms with E-state index in [1.54, 1.807) is 0 Å². The number of nitrogens with zero attached hydrogens (tertiary/aromatic N) is 1. The zero-order valence-electron chi connectivity index (χ0n) is 8.27. The van der Waals surface area contributed by atoms with Gasteiger partial charge in [0.2, 0.25) is 0 Å². The number of hydrogen-bond acceptors (Lipinski definition) is 1. The van der Waals surface area contributed by atoms with E-state index in [4.69, 9.17) is 11.8 Å². The Bertz CT molecular complexity index is 120. The molecule has 0 spiro atoms. The van der Waals surface area contributed by atoms with Crippen LogP contribution in [0.3, 0.4) is 0 Å². The normalized spacial score (nSPS) is 27.7. The minimum absolute atomic E-state index is 0.951. The Kier molecular flexibility index (Phi) is 6.79. The van der Waals surface area contributed by atoms with Crippen LogP contribution in [-0.2, 0) is 0 Å². The Hall–Kier alpha value is -0.550. The van der Waals surface area contributed by atoms with Gasteiger partial charge in [-0.25, -0.2) is 0 Å². The van der Waals surface area contributed by atoms with Crippen molar-refractivity contribution in [1.82, 2.24) is 0 Å². The van der Waals surface area contributed by atoms with E-state index in [1.165, 1.54) is 38.8 Å². The molecule has 0 aliphatic carbocycles. The predicted octanol–water partition coefficient (Wildman–Crippen LogP) is 0.950. The fraction of sp³-hybridized carbons (Fsp3) is 0.900. The van der Waals surface area contributed by atoms with Crippen molar-refractivity contribution in [2.45, 2.75) is 45.6 Å². The third-order valence-corrected chi connectivity index (χ3v) is 2.68. The van der Waals surface area contributed by atoms with Crippen LogP contribution in [-0.4, -0.2) is 19.1 Å². The van der Waals surface area contributed by atoms with Crippen LogP contribution in [0, 0.1) is 11.8 Å². The average molecular weight is 168 g/mol. The lowest BCUT2D eigenvalue weighted by molar-refractivity contribution is -0.910. The van der Waals surface area contributed by atoms with Crippen molar-refractivity contribution in [3.63, 3.8) is 0 Å². The molecule has 0 aromatic carbocycles. The first-order valence-corrected chi connectivity index (χ1v) is 4.91. The first-order valence-electron chi connectivity index (χ1n) is 4.91. The van der Waals surface area contributed by atoms with Crippen molar-refractivity contribution in [1.29, 1.82) is 5.26 Å². The lowest BCUT2D eigenvalue weighted by atomic mass is 10.2. The van der Waals surface area contributed by atoms with Crippen molar-refractivity contribution in [3.8, 4) is 0 Å². The molecule has 2 heteroatoms. The fourth-order valence-electron chi connectivity index (χ4n) is 1.86. The van der Waals surface area contributed by atoms with Gasteiger partial charge in [-0.05, 0) is 13.3 Å². The molecule has 2 nitrogen and oxygen atoms in total. The lowest BCUT2D eigenvalue weighted by Gasteiger charge is -2.17. The highest BCUT2D eigenvalue weighted by molar-refractivity contribution is 4.55. The minimum atomic E-state index is 0.951. The number of rotatable bonds is 3. The van der Waals surface area contributed by atoms with Crippen molar-refractivity contribution in [3.05, 3.63) is 6.57 Å². The Balaban J connectivity index is 0.000000561. The molecule has 2 unspecified atom stereocenters. The largest absolute Gasteiger partial charge is 0.512 e. The summed E-state index contributed by atoms with van der Waals surface area (Å²) in [4.78, 5) is 1.85. The Morgan fingerprint density at radius 1 is 1.50 bits per heavy atom. The van der Waals surface area contributed by atoms with E-state index in [0.717, 1.165) is 6.04 Å². The van der Waals surface area contributed by atoms with Gasteiger partial charge in [0.05, 0.1) is 19.1 Å².